The second kappa shape index (κ2) is 4.53. The van der Waals surface area contributed by atoms with Crippen molar-refractivity contribution in [2.45, 2.75) is 19.4 Å². The van der Waals surface area contributed by atoms with Gasteiger partial charge in [-0.15, -0.1) is 0 Å². The monoisotopic (exact) mass is 220 g/mol. The molecular formula is C12H16N2O2. The lowest BCUT2D eigenvalue weighted by Crippen LogP contribution is -2.39. The summed E-state index contributed by atoms with van der Waals surface area (Å²) in [5.41, 5.74) is 0.712. The second-order valence-electron chi connectivity index (χ2n) is 4.23. The highest BCUT2D eigenvalue weighted by Crippen LogP contribution is 2.18. The molecule has 1 amide bonds. The molecule has 0 aliphatic carbocycles. The molecule has 2 rings (SSSR count). The second-order valence-corrected chi connectivity index (χ2v) is 4.23. The topological polar surface area (TPSA) is 61.4 Å². The van der Waals surface area contributed by atoms with Crippen molar-refractivity contribution in [1.29, 1.82) is 0 Å². The molecule has 2 unspecified atom stereocenters. The molecule has 1 heterocycles. The van der Waals surface area contributed by atoms with E-state index in [2.05, 4.69) is 17.6 Å². The first-order valence-electron chi connectivity index (χ1n) is 5.50. The van der Waals surface area contributed by atoms with Gasteiger partial charge in [0.05, 0.1) is 6.04 Å². The van der Waals surface area contributed by atoms with E-state index in [1.807, 2.05) is 0 Å². The molecule has 0 spiro atoms. The number of carbonyl (C=O) groups is 1. The van der Waals surface area contributed by atoms with Gasteiger partial charge in [0.1, 0.15) is 5.75 Å². The number of phenols is 1. The summed E-state index contributed by atoms with van der Waals surface area (Å²) in [6.45, 7) is 2.97. The number of benzene rings is 1. The molecule has 1 aromatic rings. The van der Waals surface area contributed by atoms with Crippen LogP contribution in [-0.4, -0.2) is 23.6 Å². The van der Waals surface area contributed by atoms with Crippen molar-refractivity contribution < 1.29 is 9.90 Å². The zero-order valence-corrected chi connectivity index (χ0v) is 9.23. The number of hydrogen-bond acceptors (Lipinski definition) is 3. The van der Waals surface area contributed by atoms with E-state index in [0.717, 1.165) is 13.0 Å². The van der Waals surface area contributed by atoms with E-state index in [9.17, 15) is 4.79 Å². The Balaban J connectivity index is 1.99. The summed E-state index contributed by atoms with van der Waals surface area (Å²) in [4.78, 5) is 11.9. The third-order valence-electron chi connectivity index (χ3n) is 2.95. The molecule has 0 radical (unpaired) electrons. The van der Waals surface area contributed by atoms with E-state index in [0.29, 0.717) is 11.6 Å². The number of hydrogen-bond donors (Lipinski definition) is 3. The third-order valence-corrected chi connectivity index (χ3v) is 2.95. The van der Waals surface area contributed by atoms with Crippen molar-refractivity contribution >= 4 is 11.6 Å². The Morgan fingerprint density at radius 1 is 1.44 bits per heavy atom. The first-order chi connectivity index (χ1) is 7.66. The lowest BCUT2D eigenvalue weighted by atomic mass is 10.0. The van der Waals surface area contributed by atoms with Crippen molar-refractivity contribution in [3.05, 3.63) is 24.3 Å². The predicted octanol–water partition coefficient (Wildman–Crippen LogP) is 1.33. The van der Waals surface area contributed by atoms with Crippen LogP contribution in [0.15, 0.2) is 24.3 Å². The largest absolute Gasteiger partial charge is 0.508 e. The molecule has 0 bridgehead atoms. The maximum atomic E-state index is 11.9. The van der Waals surface area contributed by atoms with Crippen LogP contribution in [0.4, 0.5) is 5.69 Å². The van der Waals surface area contributed by atoms with Gasteiger partial charge in [0.2, 0.25) is 5.91 Å². The molecule has 0 aromatic heterocycles. The Morgan fingerprint density at radius 2 is 2.12 bits per heavy atom. The number of anilines is 1. The molecule has 1 fully saturated rings. The van der Waals surface area contributed by atoms with E-state index in [4.69, 9.17) is 5.11 Å². The van der Waals surface area contributed by atoms with E-state index < -0.39 is 0 Å². The van der Waals surface area contributed by atoms with Gasteiger partial charge in [-0.3, -0.25) is 4.79 Å². The molecule has 86 valence electrons. The van der Waals surface area contributed by atoms with Crippen LogP contribution in [0.2, 0.25) is 0 Å². The average Bonchev–Trinajstić information content (AvgIpc) is 2.68. The third kappa shape index (κ3) is 2.33. The minimum Gasteiger partial charge on any atom is -0.508 e. The van der Waals surface area contributed by atoms with Crippen LogP contribution in [0.1, 0.15) is 13.3 Å². The lowest BCUT2D eigenvalue weighted by molar-refractivity contribution is -0.118. The molecule has 4 heteroatoms. The van der Waals surface area contributed by atoms with Gasteiger partial charge in [0.25, 0.3) is 0 Å². The fourth-order valence-electron chi connectivity index (χ4n) is 1.95. The summed E-state index contributed by atoms with van der Waals surface area (Å²) in [5.74, 6) is 0.568. The molecule has 1 aromatic carbocycles. The number of aromatic hydroxyl groups is 1. The van der Waals surface area contributed by atoms with E-state index in [1.54, 1.807) is 24.3 Å². The zero-order chi connectivity index (χ0) is 11.5. The Hall–Kier alpha value is -1.55. The van der Waals surface area contributed by atoms with Crippen LogP contribution in [0.3, 0.4) is 0 Å². The summed E-state index contributed by atoms with van der Waals surface area (Å²) >= 11 is 0. The van der Waals surface area contributed by atoms with Crippen LogP contribution in [0.25, 0.3) is 0 Å². The summed E-state index contributed by atoms with van der Waals surface area (Å²) in [6.07, 6.45) is 1.04. The summed E-state index contributed by atoms with van der Waals surface area (Å²) in [7, 11) is 0. The Bertz CT molecular complexity index is 375. The standard InChI is InChI=1S/C12H16N2O2/c1-8-6-7-13-11(8)12(16)14-9-2-4-10(15)5-3-9/h2-5,8,11,13,15H,6-7H2,1H3,(H,14,16). The number of amides is 1. The molecule has 2 atom stereocenters. The highest BCUT2D eigenvalue weighted by atomic mass is 16.3. The Labute approximate surface area is 94.7 Å². The van der Waals surface area contributed by atoms with Crippen molar-refractivity contribution in [2.75, 3.05) is 11.9 Å². The molecule has 1 aliphatic heterocycles. The maximum absolute atomic E-state index is 11.9. The van der Waals surface area contributed by atoms with E-state index in [-0.39, 0.29) is 17.7 Å². The van der Waals surface area contributed by atoms with Gasteiger partial charge in [0.15, 0.2) is 0 Å². The number of nitrogens with one attached hydrogen (secondary N) is 2. The summed E-state index contributed by atoms with van der Waals surface area (Å²) < 4.78 is 0. The van der Waals surface area contributed by atoms with Gasteiger partial charge >= 0.3 is 0 Å². The van der Waals surface area contributed by atoms with Gasteiger partial charge < -0.3 is 15.7 Å². The summed E-state index contributed by atoms with van der Waals surface area (Å²) in [5, 5.41) is 15.1. The highest BCUT2D eigenvalue weighted by molar-refractivity contribution is 5.95. The number of phenolic OH excluding ortho intramolecular Hbond substituents is 1. The molecule has 1 aliphatic rings. The fourth-order valence-corrected chi connectivity index (χ4v) is 1.95. The molecule has 16 heavy (non-hydrogen) atoms. The fraction of sp³-hybridized carbons (Fsp3) is 0.417. The highest BCUT2D eigenvalue weighted by Gasteiger charge is 2.29. The van der Waals surface area contributed by atoms with E-state index in [1.165, 1.54) is 0 Å². The van der Waals surface area contributed by atoms with Crippen molar-refractivity contribution in [3.63, 3.8) is 0 Å². The smallest absolute Gasteiger partial charge is 0.241 e. The average molecular weight is 220 g/mol. The van der Waals surface area contributed by atoms with Crippen LogP contribution in [0.5, 0.6) is 5.75 Å². The van der Waals surface area contributed by atoms with Gasteiger partial charge in [-0.25, -0.2) is 0 Å². The van der Waals surface area contributed by atoms with Crippen molar-refractivity contribution in [2.24, 2.45) is 5.92 Å². The SMILES string of the molecule is CC1CCNC1C(=O)Nc1ccc(O)cc1. The molecule has 3 N–H and O–H groups in total. The van der Waals surface area contributed by atoms with Gasteiger partial charge in [0, 0.05) is 5.69 Å². The maximum Gasteiger partial charge on any atom is 0.241 e. The molecule has 1 saturated heterocycles. The predicted molar refractivity (Wildman–Crippen MR) is 62.3 cm³/mol. The van der Waals surface area contributed by atoms with Gasteiger partial charge in [-0.2, -0.15) is 0 Å². The van der Waals surface area contributed by atoms with Crippen molar-refractivity contribution in [1.82, 2.24) is 5.32 Å². The number of carbonyl (C=O) groups excluding carboxylic acids is 1. The first kappa shape index (κ1) is 11.0. The van der Waals surface area contributed by atoms with Crippen LogP contribution in [-0.2, 0) is 4.79 Å². The van der Waals surface area contributed by atoms with Crippen LogP contribution < -0.4 is 10.6 Å². The van der Waals surface area contributed by atoms with Gasteiger partial charge in [-0.05, 0) is 43.1 Å². The Morgan fingerprint density at radius 3 is 2.69 bits per heavy atom. The minimum absolute atomic E-state index is 0.00399. The van der Waals surface area contributed by atoms with Crippen molar-refractivity contribution in [3.8, 4) is 5.75 Å². The lowest BCUT2D eigenvalue weighted by Gasteiger charge is -2.15. The summed E-state index contributed by atoms with van der Waals surface area (Å²) in [6, 6.07) is 6.39. The zero-order valence-electron chi connectivity index (χ0n) is 9.23. The van der Waals surface area contributed by atoms with Crippen LogP contribution >= 0.6 is 0 Å². The van der Waals surface area contributed by atoms with E-state index >= 15 is 0 Å². The van der Waals surface area contributed by atoms with Crippen LogP contribution in [0, 0.1) is 5.92 Å². The number of rotatable bonds is 2. The van der Waals surface area contributed by atoms with Gasteiger partial charge in [-0.1, -0.05) is 6.92 Å². The first-order valence-corrected chi connectivity index (χ1v) is 5.50. The molecule has 0 saturated carbocycles. The molecular weight excluding hydrogens is 204 g/mol. The Kier molecular flexibility index (Phi) is 3.10. The quantitative estimate of drug-likeness (QED) is 0.659. The normalized spacial score (nSPS) is 24.3. The molecule has 4 nitrogen and oxygen atoms in total. The minimum atomic E-state index is -0.103.